The minimum absolute atomic E-state index is 0. The molecule has 0 saturated heterocycles. The van der Waals surface area contributed by atoms with Gasteiger partial charge in [0.05, 0.1) is 0 Å². The first-order valence-corrected chi connectivity index (χ1v) is 16.3. The summed E-state index contributed by atoms with van der Waals surface area (Å²) in [5.74, 6) is 1.97. The quantitative estimate of drug-likeness (QED) is 0.124. The van der Waals surface area contributed by atoms with Gasteiger partial charge in [-0.3, -0.25) is 0 Å². The van der Waals surface area contributed by atoms with Gasteiger partial charge in [-0.05, 0) is 84.0 Å². The maximum Gasteiger partial charge on any atom is 0.148 e. The summed E-state index contributed by atoms with van der Waals surface area (Å²) in [5.41, 5.74) is 10.5. The van der Waals surface area contributed by atoms with Crippen molar-refractivity contribution >= 4 is 44.6 Å². The first kappa shape index (κ1) is 31.6. The van der Waals surface area contributed by atoms with Gasteiger partial charge in [0.25, 0.3) is 0 Å². The summed E-state index contributed by atoms with van der Waals surface area (Å²) in [6.45, 7) is 4.31. The number of nitrogens with zero attached hydrogens (tertiary/aromatic N) is 4. The van der Waals surface area contributed by atoms with Crippen molar-refractivity contribution in [1.29, 1.82) is 0 Å². The largest absolute Gasteiger partial charge is 0.509 e. The monoisotopic (exact) mass is 830 g/mol. The van der Waals surface area contributed by atoms with Gasteiger partial charge in [0.15, 0.2) is 0 Å². The standard InChI is InChI=1S/C43H30N4O2.Pt/c1-29-12-10-13-30(2)43(29)31-24-25-44-42(26-31)45-38-19-7-6-18-36(38)37-23-22-35(28-41(37)45)48-34-17-11-16-33(27-34)47-40-21-9-8-20-39(40)46(49-47)32-14-4-3-5-15-32;/h3-26H,1-2H3;/q-2;/p+1. The van der Waals surface area contributed by atoms with Gasteiger partial charge < -0.3 is 9.30 Å². The van der Waals surface area contributed by atoms with Gasteiger partial charge in [-0.2, -0.15) is 17.1 Å². The molecule has 0 atom stereocenters. The molecular formula is C43H31N4O2Pt-. The van der Waals surface area contributed by atoms with E-state index in [2.05, 4.69) is 103 Å². The molecule has 0 unspecified atom stereocenters. The van der Waals surface area contributed by atoms with E-state index in [0.717, 1.165) is 55.9 Å². The number of anilines is 4. The van der Waals surface area contributed by atoms with Gasteiger partial charge in [-0.1, -0.05) is 77.3 Å². The van der Waals surface area contributed by atoms with E-state index in [0.29, 0.717) is 11.5 Å². The normalized spacial score (nSPS) is 12.3. The molecule has 9 rings (SSSR count). The molecule has 1 aliphatic rings. The topological polar surface area (TPSA) is 46.3 Å². The van der Waals surface area contributed by atoms with Crippen LogP contribution in [0.2, 0.25) is 0 Å². The van der Waals surface area contributed by atoms with Crippen molar-refractivity contribution in [2.45, 2.75) is 13.8 Å². The molecule has 1 N–H and O–H groups in total. The number of ether oxygens (including phenoxy) is 1. The van der Waals surface area contributed by atoms with Crippen molar-refractivity contribution < 1.29 is 30.7 Å². The van der Waals surface area contributed by atoms with Crippen molar-refractivity contribution in [3.63, 3.8) is 0 Å². The molecule has 8 aromatic rings. The molecule has 0 aliphatic carbocycles. The van der Waals surface area contributed by atoms with Crippen LogP contribution in [0.15, 0.2) is 146 Å². The van der Waals surface area contributed by atoms with Crippen molar-refractivity contribution in [3.05, 3.63) is 169 Å². The maximum absolute atomic E-state index is 6.47. The van der Waals surface area contributed by atoms with Gasteiger partial charge in [0, 0.05) is 50.0 Å². The van der Waals surface area contributed by atoms with E-state index in [9.17, 15) is 0 Å². The Bertz CT molecular complexity index is 2490. The van der Waals surface area contributed by atoms with Crippen molar-refractivity contribution in [2.75, 3.05) is 10.1 Å². The average Bonchev–Trinajstić information content (AvgIpc) is 3.68. The second kappa shape index (κ2) is 13.0. The summed E-state index contributed by atoms with van der Waals surface area (Å²) >= 11 is 0. The van der Waals surface area contributed by atoms with Crippen LogP contribution in [0.25, 0.3) is 38.8 Å². The number of hydrogen-bond donors (Lipinski definition) is 0. The Kier molecular flexibility index (Phi) is 8.20. The molecule has 0 radical (unpaired) electrons. The second-order valence-corrected chi connectivity index (χ2v) is 12.1. The Hall–Kier alpha value is -5.68. The molecule has 1 aliphatic heterocycles. The fraction of sp³-hybridized carbons (Fsp3) is 0.0465. The molecule has 6 nitrogen and oxygen atoms in total. The fourth-order valence-electron chi connectivity index (χ4n) is 6.82. The zero-order valence-corrected chi connectivity index (χ0v) is 29.6. The number of aromatic nitrogens is 2. The third-order valence-electron chi connectivity index (χ3n) is 9.02. The summed E-state index contributed by atoms with van der Waals surface area (Å²) in [5, 5.41) is 6.05. The number of para-hydroxylation sites is 4. The predicted octanol–water partition coefficient (Wildman–Crippen LogP) is 11.0. The zero-order valence-electron chi connectivity index (χ0n) is 27.3. The molecule has 0 spiro atoms. The molecule has 0 amide bonds. The van der Waals surface area contributed by atoms with E-state index in [1.165, 1.54) is 16.7 Å². The Morgan fingerprint density at radius 2 is 1.32 bits per heavy atom. The first-order chi connectivity index (χ1) is 24.1. The third-order valence-corrected chi connectivity index (χ3v) is 9.02. The summed E-state index contributed by atoms with van der Waals surface area (Å²) in [4.78, 5) is 9.82. The smallest absolute Gasteiger partial charge is 0.148 e. The van der Waals surface area contributed by atoms with Crippen LogP contribution >= 0.6 is 0 Å². The zero-order chi connectivity index (χ0) is 32.9. The van der Waals surface area contributed by atoms with E-state index < -0.39 is 0 Å². The Balaban J connectivity index is 0.00000361. The SMILES string of the molecule is Cc1cccc(C)c1-c1ccnc(-n2c3[c-]c(Oc4[c-]c(N5[OH+]N(c6ccccc6)c6ccccc65)ccc4)ccc3c3ccccc32)c1.[Pt]. The number of pyridine rings is 1. The molecule has 50 heavy (non-hydrogen) atoms. The van der Waals surface area contributed by atoms with Gasteiger partial charge in [0.2, 0.25) is 0 Å². The molecule has 7 heteroatoms. The summed E-state index contributed by atoms with van der Waals surface area (Å²) < 4.78 is 8.64. The van der Waals surface area contributed by atoms with Gasteiger partial charge in [-0.15, -0.1) is 40.8 Å². The van der Waals surface area contributed by atoms with Crippen LogP contribution in [0, 0.1) is 26.0 Å². The first-order valence-electron chi connectivity index (χ1n) is 16.3. The summed E-state index contributed by atoms with van der Waals surface area (Å²) in [6, 6.07) is 54.3. The summed E-state index contributed by atoms with van der Waals surface area (Å²) in [6.07, 6.45) is 1.89. The van der Waals surface area contributed by atoms with Crippen LogP contribution < -0.4 is 14.9 Å². The third kappa shape index (κ3) is 5.43. The van der Waals surface area contributed by atoms with Crippen LogP contribution in [0.5, 0.6) is 11.5 Å². The van der Waals surface area contributed by atoms with E-state index in [1.54, 1.807) is 0 Å². The molecule has 0 fully saturated rings. The van der Waals surface area contributed by atoms with E-state index in [-0.39, 0.29) is 21.1 Å². The molecule has 0 saturated carbocycles. The number of fused-ring (bicyclic) bond motifs is 4. The van der Waals surface area contributed by atoms with Crippen molar-refractivity contribution in [3.8, 4) is 28.4 Å². The molecule has 0 bridgehead atoms. The number of aryl methyl sites for hydroxylation is 2. The van der Waals surface area contributed by atoms with Crippen LogP contribution in [-0.2, 0) is 21.1 Å². The number of hydrogen-bond acceptors (Lipinski definition) is 4. The predicted molar refractivity (Wildman–Crippen MR) is 197 cm³/mol. The van der Waals surface area contributed by atoms with Crippen molar-refractivity contribution in [1.82, 2.24) is 9.55 Å². The number of rotatable bonds is 6. The minimum Gasteiger partial charge on any atom is -0.509 e. The molecular weight excluding hydrogens is 800 g/mol. The molecule has 6 aromatic carbocycles. The maximum atomic E-state index is 6.47. The van der Waals surface area contributed by atoms with Crippen LogP contribution in [0.1, 0.15) is 11.1 Å². The summed E-state index contributed by atoms with van der Waals surface area (Å²) in [7, 11) is 0. The fourth-order valence-corrected chi connectivity index (χ4v) is 6.82. The van der Waals surface area contributed by atoms with Crippen molar-refractivity contribution in [2.24, 2.45) is 0 Å². The van der Waals surface area contributed by atoms with E-state index in [4.69, 9.17) is 14.7 Å². The van der Waals surface area contributed by atoms with Crippen LogP contribution in [0.3, 0.4) is 0 Å². The minimum atomic E-state index is 0. The van der Waals surface area contributed by atoms with Gasteiger partial charge >= 0.3 is 0 Å². The number of benzene rings is 6. The van der Waals surface area contributed by atoms with Gasteiger partial charge in [0.1, 0.15) is 22.9 Å². The van der Waals surface area contributed by atoms with Crippen LogP contribution in [0.4, 0.5) is 22.7 Å². The van der Waals surface area contributed by atoms with E-state index in [1.807, 2.05) is 83.1 Å². The average molecular weight is 831 g/mol. The van der Waals surface area contributed by atoms with Gasteiger partial charge in [-0.25, -0.2) is 4.98 Å². The van der Waals surface area contributed by atoms with E-state index >= 15 is 0 Å². The molecule has 2 aromatic heterocycles. The molecule has 246 valence electrons. The Morgan fingerprint density at radius 3 is 2.14 bits per heavy atom. The Morgan fingerprint density at radius 1 is 0.620 bits per heavy atom. The molecule has 3 heterocycles. The van der Waals surface area contributed by atoms with Crippen LogP contribution in [-0.4, -0.2) is 14.5 Å². The Labute approximate surface area is 304 Å². The second-order valence-electron chi connectivity index (χ2n) is 12.1.